The molecule has 11 heavy (non-hydrogen) atoms. The number of carbonyl (C=O) groups excluding carboxylic acids is 1. The number of fused-ring (bicyclic) bond motifs is 1. The van der Waals surface area contributed by atoms with Crippen molar-refractivity contribution < 1.29 is 4.79 Å². The van der Waals surface area contributed by atoms with Crippen LogP contribution in [0.3, 0.4) is 0 Å². The molecular formula is C9H11NO. The van der Waals surface area contributed by atoms with Crippen LogP contribution in [0.15, 0.2) is 23.8 Å². The van der Waals surface area contributed by atoms with E-state index in [-0.39, 0.29) is 11.7 Å². The van der Waals surface area contributed by atoms with Crippen LogP contribution in [0.25, 0.3) is 0 Å². The van der Waals surface area contributed by atoms with Gasteiger partial charge in [-0.15, -0.1) is 0 Å². The summed E-state index contributed by atoms with van der Waals surface area (Å²) >= 11 is 0. The van der Waals surface area contributed by atoms with Gasteiger partial charge < -0.3 is 5.32 Å². The van der Waals surface area contributed by atoms with Gasteiger partial charge in [-0.2, -0.15) is 0 Å². The smallest absolute Gasteiger partial charge is 0.164 e. The highest BCUT2D eigenvalue weighted by molar-refractivity contribution is 5.95. The molecule has 2 heteroatoms. The maximum absolute atomic E-state index is 11.3. The average molecular weight is 149 g/mol. The fourth-order valence-electron chi connectivity index (χ4n) is 1.65. The summed E-state index contributed by atoms with van der Waals surface area (Å²) in [4.78, 5) is 11.3. The van der Waals surface area contributed by atoms with Gasteiger partial charge in [-0.05, 0) is 19.0 Å². The second-order valence-corrected chi connectivity index (χ2v) is 3.01. The Morgan fingerprint density at radius 2 is 2.45 bits per heavy atom. The van der Waals surface area contributed by atoms with E-state index in [9.17, 15) is 4.79 Å². The lowest BCUT2D eigenvalue weighted by Gasteiger charge is -2.25. The van der Waals surface area contributed by atoms with Crippen LogP contribution in [0, 0.1) is 5.92 Å². The van der Waals surface area contributed by atoms with Crippen molar-refractivity contribution in [1.82, 2.24) is 5.32 Å². The highest BCUT2D eigenvalue weighted by Crippen LogP contribution is 2.22. The van der Waals surface area contributed by atoms with Crippen molar-refractivity contribution in [3.63, 3.8) is 0 Å². The van der Waals surface area contributed by atoms with E-state index >= 15 is 0 Å². The second kappa shape index (κ2) is 2.62. The molecule has 58 valence electrons. The van der Waals surface area contributed by atoms with Crippen molar-refractivity contribution in [3.05, 3.63) is 23.8 Å². The first-order valence-electron chi connectivity index (χ1n) is 3.99. The van der Waals surface area contributed by atoms with Gasteiger partial charge in [-0.25, -0.2) is 0 Å². The molecule has 1 N–H and O–H groups in total. The number of hydrogen-bond acceptors (Lipinski definition) is 2. The highest BCUT2D eigenvalue weighted by Gasteiger charge is 2.24. The fraction of sp³-hybridized carbons (Fsp3) is 0.444. The minimum atomic E-state index is 0.147. The fourth-order valence-corrected chi connectivity index (χ4v) is 1.65. The van der Waals surface area contributed by atoms with Crippen molar-refractivity contribution in [2.24, 2.45) is 5.92 Å². The van der Waals surface area contributed by atoms with Crippen molar-refractivity contribution in [2.45, 2.75) is 6.42 Å². The third kappa shape index (κ3) is 1.14. The molecule has 2 nitrogen and oxygen atoms in total. The summed E-state index contributed by atoms with van der Waals surface area (Å²) in [7, 11) is 0. The lowest BCUT2D eigenvalue weighted by atomic mass is 9.86. The molecule has 0 aromatic heterocycles. The molecule has 0 aromatic carbocycles. The number of carbonyl (C=O) groups is 1. The first-order chi connectivity index (χ1) is 5.38. The molecule has 1 unspecified atom stereocenters. The quantitative estimate of drug-likeness (QED) is 0.548. The summed E-state index contributed by atoms with van der Waals surface area (Å²) in [5.74, 6) is 0.406. The molecule has 1 fully saturated rings. The molecule has 2 aliphatic rings. The number of rotatable bonds is 0. The van der Waals surface area contributed by atoms with Gasteiger partial charge in [0.15, 0.2) is 5.78 Å². The predicted molar refractivity (Wildman–Crippen MR) is 43.2 cm³/mol. The zero-order valence-electron chi connectivity index (χ0n) is 6.34. The zero-order chi connectivity index (χ0) is 7.68. The van der Waals surface area contributed by atoms with E-state index in [4.69, 9.17) is 0 Å². The van der Waals surface area contributed by atoms with E-state index in [1.807, 2.05) is 6.08 Å². The number of hydrogen-bond donors (Lipinski definition) is 1. The Labute approximate surface area is 66.0 Å². The standard InChI is InChI=1S/C9H11NO/c11-9-3-1-2-7-4-5-10-6-8(7)9/h1-3,8,10H,4-6H2. The van der Waals surface area contributed by atoms with Crippen molar-refractivity contribution in [1.29, 1.82) is 0 Å². The number of ketones is 1. The number of piperidine rings is 1. The largest absolute Gasteiger partial charge is 0.315 e. The summed E-state index contributed by atoms with van der Waals surface area (Å²) in [6, 6.07) is 0. The molecule has 1 aliphatic heterocycles. The predicted octanol–water partition coefficient (Wildman–Crippen LogP) is 0.661. The summed E-state index contributed by atoms with van der Waals surface area (Å²) in [6.45, 7) is 1.85. The van der Waals surface area contributed by atoms with Crippen LogP contribution >= 0.6 is 0 Å². The van der Waals surface area contributed by atoms with Gasteiger partial charge in [-0.3, -0.25) is 4.79 Å². The molecule has 0 saturated carbocycles. The maximum atomic E-state index is 11.3. The Bertz CT molecular complexity index is 240. The van der Waals surface area contributed by atoms with Gasteiger partial charge >= 0.3 is 0 Å². The first kappa shape index (κ1) is 6.80. The molecule has 0 radical (unpaired) electrons. The first-order valence-corrected chi connectivity index (χ1v) is 3.99. The summed E-state index contributed by atoms with van der Waals surface area (Å²) in [5.41, 5.74) is 1.30. The van der Waals surface area contributed by atoms with Gasteiger partial charge in [0.05, 0.1) is 5.92 Å². The molecule has 1 heterocycles. The normalized spacial score (nSPS) is 29.6. The minimum Gasteiger partial charge on any atom is -0.315 e. The van der Waals surface area contributed by atoms with Gasteiger partial charge in [0.25, 0.3) is 0 Å². The topological polar surface area (TPSA) is 29.1 Å². The summed E-state index contributed by atoms with van der Waals surface area (Å²) < 4.78 is 0. The summed E-state index contributed by atoms with van der Waals surface area (Å²) in [5, 5.41) is 3.22. The molecule has 0 amide bonds. The van der Waals surface area contributed by atoms with Crippen LogP contribution < -0.4 is 5.32 Å². The van der Waals surface area contributed by atoms with Crippen LogP contribution in [-0.2, 0) is 4.79 Å². The molecule has 1 atom stereocenters. The lowest BCUT2D eigenvalue weighted by Crippen LogP contribution is -2.36. The van der Waals surface area contributed by atoms with Crippen molar-refractivity contribution >= 4 is 5.78 Å². The Morgan fingerprint density at radius 3 is 3.27 bits per heavy atom. The van der Waals surface area contributed by atoms with Crippen LogP contribution in [0.4, 0.5) is 0 Å². The van der Waals surface area contributed by atoms with E-state index in [0.717, 1.165) is 19.5 Å². The van der Waals surface area contributed by atoms with Gasteiger partial charge in [-0.1, -0.05) is 17.7 Å². The third-order valence-electron chi connectivity index (χ3n) is 2.30. The second-order valence-electron chi connectivity index (χ2n) is 3.01. The van der Waals surface area contributed by atoms with E-state index in [1.165, 1.54) is 5.57 Å². The van der Waals surface area contributed by atoms with E-state index in [1.54, 1.807) is 6.08 Å². The van der Waals surface area contributed by atoms with Crippen LogP contribution in [-0.4, -0.2) is 18.9 Å². The van der Waals surface area contributed by atoms with E-state index in [0.29, 0.717) is 0 Å². The Morgan fingerprint density at radius 1 is 1.55 bits per heavy atom. The van der Waals surface area contributed by atoms with Gasteiger partial charge in [0, 0.05) is 6.54 Å². The molecule has 1 aliphatic carbocycles. The molecular weight excluding hydrogens is 138 g/mol. The molecule has 0 bridgehead atoms. The zero-order valence-corrected chi connectivity index (χ0v) is 6.34. The lowest BCUT2D eigenvalue weighted by molar-refractivity contribution is -0.117. The van der Waals surface area contributed by atoms with Crippen LogP contribution in [0.5, 0.6) is 0 Å². The van der Waals surface area contributed by atoms with Crippen molar-refractivity contribution in [2.75, 3.05) is 13.1 Å². The SMILES string of the molecule is O=C1C=CC=C2CCNCC12. The molecule has 1 saturated heterocycles. The van der Waals surface area contributed by atoms with Crippen molar-refractivity contribution in [3.8, 4) is 0 Å². The maximum Gasteiger partial charge on any atom is 0.164 e. The van der Waals surface area contributed by atoms with Gasteiger partial charge in [0.2, 0.25) is 0 Å². The van der Waals surface area contributed by atoms with Gasteiger partial charge in [0.1, 0.15) is 0 Å². The molecule has 2 rings (SSSR count). The average Bonchev–Trinajstić information content (AvgIpc) is 2.06. The van der Waals surface area contributed by atoms with Crippen LogP contribution in [0.1, 0.15) is 6.42 Å². The Hall–Kier alpha value is -0.890. The van der Waals surface area contributed by atoms with E-state index < -0.39 is 0 Å². The van der Waals surface area contributed by atoms with Crippen LogP contribution in [0.2, 0.25) is 0 Å². The van der Waals surface area contributed by atoms with E-state index in [2.05, 4.69) is 11.4 Å². The molecule has 0 aromatic rings. The molecule has 0 spiro atoms. The highest BCUT2D eigenvalue weighted by atomic mass is 16.1. The Kier molecular flexibility index (Phi) is 1.62. The summed E-state index contributed by atoms with van der Waals surface area (Å²) in [6.07, 6.45) is 6.63. The third-order valence-corrected chi connectivity index (χ3v) is 2.30. The number of allylic oxidation sites excluding steroid dienone is 3. The Balaban J connectivity index is 2.25. The monoisotopic (exact) mass is 149 g/mol. The minimum absolute atomic E-state index is 0.147. The number of nitrogens with one attached hydrogen (secondary N) is 1.